The number of likely N-dealkylation sites (N-methyl/N-ethyl adjacent to an activating group) is 1. The van der Waals surface area contributed by atoms with E-state index in [0.29, 0.717) is 6.54 Å². The van der Waals surface area contributed by atoms with Crippen molar-refractivity contribution in [1.29, 1.82) is 0 Å². The number of aryl methyl sites for hydroxylation is 1. The number of nitrogens with zero attached hydrogens (tertiary/aromatic N) is 1. The fourth-order valence-electron chi connectivity index (χ4n) is 3.39. The molecule has 0 heterocycles. The van der Waals surface area contributed by atoms with Crippen molar-refractivity contribution in [1.82, 2.24) is 10.2 Å². The molecule has 0 bridgehead atoms. The van der Waals surface area contributed by atoms with Gasteiger partial charge in [0, 0.05) is 6.54 Å². The van der Waals surface area contributed by atoms with Gasteiger partial charge in [-0.05, 0) is 54.4 Å². The third kappa shape index (κ3) is 4.50. The summed E-state index contributed by atoms with van der Waals surface area (Å²) in [5.41, 5.74) is 3.58. The summed E-state index contributed by atoms with van der Waals surface area (Å²) in [6, 6.07) is 23.0. The van der Waals surface area contributed by atoms with Gasteiger partial charge in [0.25, 0.3) is 0 Å². The summed E-state index contributed by atoms with van der Waals surface area (Å²) in [7, 11) is 1.98. The lowest BCUT2D eigenvalue weighted by atomic mass is 10.0. The summed E-state index contributed by atoms with van der Waals surface area (Å²) in [5.74, 6) is 0.0454. The molecule has 0 aliphatic rings. The number of rotatable bonds is 6. The van der Waals surface area contributed by atoms with Gasteiger partial charge in [-0.1, -0.05) is 60.7 Å². The van der Waals surface area contributed by atoms with Gasteiger partial charge in [-0.25, -0.2) is 0 Å². The molecule has 1 unspecified atom stereocenters. The molecule has 3 rings (SSSR count). The fourth-order valence-corrected chi connectivity index (χ4v) is 3.39. The van der Waals surface area contributed by atoms with E-state index >= 15 is 0 Å². The summed E-state index contributed by atoms with van der Waals surface area (Å²) in [4.78, 5) is 14.4. The summed E-state index contributed by atoms with van der Waals surface area (Å²) in [6.07, 6.45) is 0. The van der Waals surface area contributed by atoms with Crippen LogP contribution in [0.4, 0.5) is 0 Å². The van der Waals surface area contributed by atoms with E-state index in [9.17, 15) is 4.79 Å². The Hall–Kier alpha value is -2.65. The Balaban J connectivity index is 1.57. The zero-order valence-corrected chi connectivity index (χ0v) is 15.7. The molecule has 26 heavy (non-hydrogen) atoms. The number of hydrogen-bond donors (Lipinski definition) is 1. The Morgan fingerprint density at radius 1 is 1.00 bits per heavy atom. The minimum Gasteiger partial charge on any atom is -0.348 e. The van der Waals surface area contributed by atoms with Crippen LogP contribution < -0.4 is 5.32 Å². The largest absolute Gasteiger partial charge is 0.348 e. The molecule has 1 N–H and O–H groups in total. The Bertz CT molecular complexity index is 903. The minimum atomic E-state index is 0.0118. The van der Waals surface area contributed by atoms with E-state index in [0.717, 1.165) is 12.1 Å². The van der Waals surface area contributed by atoms with Crippen LogP contribution in [-0.2, 0) is 11.3 Å². The highest BCUT2D eigenvalue weighted by Crippen LogP contribution is 2.18. The van der Waals surface area contributed by atoms with E-state index in [2.05, 4.69) is 60.8 Å². The second-order valence-corrected chi connectivity index (χ2v) is 7.00. The van der Waals surface area contributed by atoms with Crippen molar-refractivity contribution in [3.63, 3.8) is 0 Å². The maximum absolute atomic E-state index is 12.4. The van der Waals surface area contributed by atoms with Gasteiger partial charge in [-0.2, -0.15) is 0 Å². The van der Waals surface area contributed by atoms with Gasteiger partial charge >= 0.3 is 0 Å². The molecule has 1 amide bonds. The van der Waals surface area contributed by atoms with E-state index in [1.54, 1.807) is 0 Å². The lowest BCUT2D eigenvalue weighted by Gasteiger charge is -2.20. The summed E-state index contributed by atoms with van der Waals surface area (Å²) < 4.78 is 0. The normalized spacial score (nSPS) is 12.3. The molecule has 3 heteroatoms. The van der Waals surface area contributed by atoms with Crippen molar-refractivity contribution >= 4 is 16.7 Å². The van der Waals surface area contributed by atoms with E-state index in [4.69, 9.17) is 0 Å². The lowest BCUT2D eigenvalue weighted by Crippen LogP contribution is -2.36. The van der Waals surface area contributed by atoms with Crippen LogP contribution in [-0.4, -0.2) is 24.4 Å². The van der Waals surface area contributed by atoms with E-state index in [1.807, 2.05) is 37.1 Å². The monoisotopic (exact) mass is 346 g/mol. The van der Waals surface area contributed by atoms with Crippen molar-refractivity contribution < 1.29 is 4.79 Å². The van der Waals surface area contributed by atoms with Crippen LogP contribution in [0.2, 0.25) is 0 Å². The Labute approximate surface area is 155 Å². The zero-order chi connectivity index (χ0) is 18.5. The first-order chi connectivity index (χ1) is 12.5. The average Bonchev–Trinajstić information content (AvgIpc) is 2.61. The highest BCUT2D eigenvalue weighted by atomic mass is 16.2. The molecule has 0 spiro atoms. The number of nitrogens with one attached hydrogen (secondary N) is 1. The van der Waals surface area contributed by atoms with Crippen molar-refractivity contribution in [3.05, 3.63) is 83.4 Å². The first-order valence-electron chi connectivity index (χ1n) is 9.04. The fraction of sp³-hybridized carbons (Fsp3) is 0.261. The summed E-state index contributed by atoms with van der Waals surface area (Å²) in [5, 5.41) is 5.57. The predicted molar refractivity (Wildman–Crippen MR) is 108 cm³/mol. The Morgan fingerprint density at radius 2 is 1.69 bits per heavy atom. The highest BCUT2D eigenvalue weighted by Gasteiger charge is 2.13. The van der Waals surface area contributed by atoms with Gasteiger partial charge in [0.2, 0.25) is 5.91 Å². The van der Waals surface area contributed by atoms with Crippen molar-refractivity contribution in [3.8, 4) is 0 Å². The average molecular weight is 346 g/mol. The quantitative estimate of drug-likeness (QED) is 0.715. The second-order valence-electron chi connectivity index (χ2n) is 7.00. The molecule has 0 aliphatic carbocycles. The van der Waals surface area contributed by atoms with Crippen LogP contribution in [0.25, 0.3) is 10.8 Å². The molecular weight excluding hydrogens is 320 g/mol. The topological polar surface area (TPSA) is 32.3 Å². The molecule has 1 atom stereocenters. The van der Waals surface area contributed by atoms with Crippen LogP contribution in [0.15, 0.2) is 66.7 Å². The standard InChI is InChI=1S/C23H26N2O/c1-17-8-4-7-11-22(17)18(2)24-23(26)16-25(3)15-19-12-13-20-9-5-6-10-21(20)14-19/h4-14,18H,15-16H2,1-3H3,(H,24,26). The van der Waals surface area contributed by atoms with Gasteiger partial charge in [-0.3, -0.25) is 9.69 Å². The maximum Gasteiger partial charge on any atom is 0.234 e. The van der Waals surface area contributed by atoms with Gasteiger partial charge < -0.3 is 5.32 Å². The molecule has 0 radical (unpaired) electrons. The minimum absolute atomic E-state index is 0.0118. The number of carbonyl (C=O) groups is 1. The lowest BCUT2D eigenvalue weighted by molar-refractivity contribution is -0.122. The van der Waals surface area contributed by atoms with Crippen LogP contribution >= 0.6 is 0 Å². The zero-order valence-electron chi connectivity index (χ0n) is 15.7. The van der Waals surface area contributed by atoms with Crippen LogP contribution in [0.1, 0.15) is 29.7 Å². The molecule has 0 saturated carbocycles. The van der Waals surface area contributed by atoms with E-state index in [-0.39, 0.29) is 11.9 Å². The second kappa shape index (κ2) is 8.15. The molecule has 0 aromatic heterocycles. The molecular formula is C23H26N2O. The maximum atomic E-state index is 12.4. The SMILES string of the molecule is Cc1ccccc1C(C)NC(=O)CN(C)Cc1ccc2ccccc2c1. The number of carbonyl (C=O) groups excluding carboxylic acids is 1. The first kappa shape index (κ1) is 18.2. The molecule has 134 valence electrons. The summed E-state index contributed by atoms with van der Waals surface area (Å²) in [6.45, 7) is 5.23. The molecule has 3 aromatic rings. The van der Waals surface area contributed by atoms with Crippen LogP contribution in [0.5, 0.6) is 0 Å². The van der Waals surface area contributed by atoms with Crippen LogP contribution in [0.3, 0.4) is 0 Å². The molecule has 0 fully saturated rings. The van der Waals surface area contributed by atoms with Gasteiger partial charge in [0.15, 0.2) is 0 Å². The first-order valence-corrected chi connectivity index (χ1v) is 9.04. The number of hydrogen-bond acceptors (Lipinski definition) is 2. The number of fused-ring (bicyclic) bond motifs is 1. The van der Waals surface area contributed by atoms with Crippen molar-refractivity contribution in [2.75, 3.05) is 13.6 Å². The van der Waals surface area contributed by atoms with E-state index in [1.165, 1.54) is 21.9 Å². The molecule has 3 aromatic carbocycles. The Kier molecular flexibility index (Phi) is 5.69. The third-order valence-corrected chi connectivity index (χ3v) is 4.71. The Morgan fingerprint density at radius 3 is 2.46 bits per heavy atom. The number of amides is 1. The smallest absolute Gasteiger partial charge is 0.234 e. The third-order valence-electron chi connectivity index (χ3n) is 4.71. The van der Waals surface area contributed by atoms with Crippen molar-refractivity contribution in [2.45, 2.75) is 26.4 Å². The predicted octanol–water partition coefficient (Wildman–Crippen LogP) is 4.46. The molecule has 0 saturated heterocycles. The van der Waals surface area contributed by atoms with Crippen molar-refractivity contribution in [2.24, 2.45) is 0 Å². The van der Waals surface area contributed by atoms with Gasteiger partial charge in [0.05, 0.1) is 12.6 Å². The van der Waals surface area contributed by atoms with Gasteiger partial charge in [-0.15, -0.1) is 0 Å². The molecule has 3 nitrogen and oxygen atoms in total. The number of benzene rings is 3. The molecule has 0 aliphatic heterocycles. The highest BCUT2D eigenvalue weighted by molar-refractivity contribution is 5.83. The van der Waals surface area contributed by atoms with E-state index < -0.39 is 0 Å². The van der Waals surface area contributed by atoms with Crippen LogP contribution in [0, 0.1) is 6.92 Å². The van der Waals surface area contributed by atoms with Gasteiger partial charge in [0.1, 0.15) is 0 Å². The summed E-state index contributed by atoms with van der Waals surface area (Å²) >= 11 is 0.